The van der Waals surface area contributed by atoms with Crippen molar-refractivity contribution in [2.45, 2.75) is 48.3 Å². The van der Waals surface area contributed by atoms with Gasteiger partial charge in [-0.05, 0) is 25.8 Å². The van der Waals surface area contributed by atoms with Crippen LogP contribution in [0.4, 0.5) is 20.5 Å². The second-order valence-electron chi connectivity index (χ2n) is 8.67. The molecule has 0 bridgehead atoms. The van der Waals surface area contributed by atoms with Crippen molar-refractivity contribution >= 4 is 40.8 Å². The lowest BCUT2D eigenvalue weighted by atomic mass is 9.74. The van der Waals surface area contributed by atoms with Gasteiger partial charge < -0.3 is 10.6 Å². The van der Waals surface area contributed by atoms with Gasteiger partial charge in [-0.25, -0.2) is 23.7 Å². The van der Waals surface area contributed by atoms with Crippen LogP contribution in [0.3, 0.4) is 0 Å². The molecule has 32 heavy (non-hydrogen) atoms. The summed E-state index contributed by atoms with van der Waals surface area (Å²) in [5.74, 6) is -1.48. The summed E-state index contributed by atoms with van der Waals surface area (Å²) < 4.78 is 29.9. The van der Waals surface area contributed by atoms with Crippen LogP contribution in [-0.4, -0.2) is 38.4 Å². The zero-order valence-corrected chi connectivity index (χ0v) is 19.2. The zero-order chi connectivity index (χ0) is 22.7. The van der Waals surface area contributed by atoms with Crippen LogP contribution in [0.25, 0.3) is 5.65 Å². The fourth-order valence-corrected chi connectivity index (χ4v) is 6.09. The van der Waals surface area contributed by atoms with Gasteiger partial charge in [-0.2, -0.15) is 0 Å². The molecule has 6 nitrogen and oxygen atoms in total. The third-order valence-electron chi connectivity index (χ3n) is 6.53. The summed E-state index contributed by atoms with van der Waals surface area (Å²) in [6.45, 7) is 7.09. The number of imidazole rings is 1. The Hall–Kier alpha value is -2.39. The van der Waals surface area contributed by atoms with E-state index in [1.165, 1.54) is 11.8 Å². The number of allylic oxidation sites excluding steroid dienone is 1. The molecule has 2 fully saturated rings. The number of fused-ring (bicyclic) bond motifs is 1. The predicted molar refractivity (Wildman–Crippen MR) is 123 cm³/mol. The Morgan fingerprint density at radius 1 is 1.22 bits per heavy atom. The van der Waals surface area contributed by atoms with Crippen molar-refractivity contribution in [3.8, 4) is 0 Å². The summed E-state index contributed by atoms with van der Waals surface area (Å²) in [4.78, 5) is 17.2. The van der Waals surface area contributed by atoms with Gasteiger partial charge in [0.15, 0.2) is 5.65 Å². The van der Waals surface area contributed by atoms with Crippen LogP contribution >= 0.6 is 23.4 Å². The monoisotopic (exact) mass is 476 g/mol. The second kappa shape index (κ2) is 7.59. The van der Waals surface area contributed by atoms with E-state index in [1.807, 2.05) is 17.5 Å². The van der Waals surface area contributed by atoms with Gasteiger partial charge >= 0.3 is 0 Å². The van der Waals surface area contributed by atoms with Crippen LogP contribution in [-0.2, 0) is 0 Å². The molecule has 1 saturated carbocycles. The van der Waals surface area contributed by atoms with Crippen LogP contribution in [0.2, 0.25) is 5.02 Å². The number of aryl methyl sites for hydroxylation is 1. The summed E-state index contributed by atoms with van der Waals surface area (Å²) >= 11 is 7.87. The SMILES string of the molecule is C=C1CC(F)(F)CC12CCN(c1ncc(Sc3cc(N)nc(C)c3Cl)c3nccn13)CC2. The number of nitrogen functional groups attached to an aromatic ring is 1. The van der Waals surface area contributed by atoms with Gasteiger partial charge in [-0.3, -0.25) is 4.40 Å². The van der Waals surface area contributed by atoms with E-state index in [2.05, 4.69) is 21.4 Å². The minimum Gasteiger partial charge on any atom is -0.384 e. The highest BCUT2D eigenvalue weighted by Gasteiger charge is 2.52. The first-order valence-corrected chi connectivity index (χ1v) is 11.6. The Balaban J connectivity index is 1.41. The smallest absolute Gasteiger partial charge is 0.252 e. The van der Waals surface area contributed by atoms with Gasteiger partial charge in [-0.15, -0.1) is 0 Å². The number of anilines is 2. The minimum atomic E-state index is -2.63. The Morgan fingerprint density at radius 2 is 1.97 bits per heavy atom. The van der Waals surface area contributed by atoms with Crippen LogP contribution in [0, 0.1) is 12.3 Å². The molecule has 1 spiro atoms. The Bertz CT molecular complexity index is 1220. The number of nitrogens with zero attached hydrogens (tertiary/aromatic N) is 5. The van der Waals surface area contributed by atoms with E-state index in [0.717, 1.165) is 21.4 Å². The van der Waals surface area contributed by atoms with Crippen molar-refractivity contribution < 1.29 is 8.78 Å². The normalized spacial score (nSPS) is 19.9. The summed E-state index contributed by atoms with van der Waals surface area (Å²) in [7, 11) is 0. The highest BCUT2D eigenvalue weighted by atomic mass is 35.5. The van der Waals surface area contributed by atoms with E-state index in [1.54, 1.807) is 18.5 Å². The lowest BCUT2D eigenvalue weighted by molar-refractivity contribution is -0.00680. The molecule has 168 valence electrons. The van der Waals surface area contributed by atoms with Gasteiger partial charge in [0.25, 0.3) is 5.92 Å². The molecule has 0 amide bonds. The molecule has 0 unspecified atom stereocenters. The van der Waals surface area contributed by atoms with Gasteiger partial charge in [0.05, 0.1) is 15.6 Å². The third kappa shape index (κ3) is 3.61. The molecule has 4 heterocycles. The number of pyridine rings is 1. The van der Waals surface area contributed by atoms with Crippen molar-refractivity contribution in [2.75, 3.05) is 23.7 Å². The highest BCUT2D eigenvalue weighted by molar-refractivity contribution is 7.99. The highest BCUT2D eigenvalue weighted by Crippen LogP contribution is 2.55. The van der Waals surface area contributed by atoms with Crippen molar-refractivity contribution in [1.82, 2.24) is 19.4 Å². The van der Waals surface area contributed by atoms with Crippen LogP contribution in [0.5, 0.6) is 0 Å². The number of piperidine rings is 1. The number of nitrogens with two attached hydrogens (primary N) is 1. The number of hydrogen-bond donors (Lipinski definition) is 1. The lowest BCUT2D eigenvalue weighted by Crippen LogP contribution is -2.41. The fourth-order valence-electron chi connectivity index (χ4n) is 4.88. The maximum atomic E-state index is 14.0. The minimum absolute atomic E-state index is 0.0919. The molecular weight excluding hydrogens is 454 g/mol. The Morgan fingerprint density at radius 3 is 2.66 bits per heavy atom. The van der Waals surface area contributed by atoms with E-state index in [-0.39, 0.29) is 12.8 Å². The second-order valence-corrected chi connectivity index (χ2v) is 10.1. The molecule has 0 radical (unpaired) electrons. The molecule has 1 aliphatic heterocycles. The van der Waals surface area contributed by atoms with E-state index >= 15 is 0 Å². The van der Waals surface area contributed by atoms with Gasteiger partial charge in [0, 0.05) is 54.8 Å². The maximum Gasteiger partial charge on any atom is 0.252 e. The zero-order valence-electron chi connectivity index (χ0n) is 17.6. The average molecular weight is 477 g/mol. The quantitative estimate of drug-likeness (QED) is 0.511. The fraction of sp³-hybridized carbons (Fsp3) is 0.409. The molecule has 3 aromatic rings. The van der Waals surface area contributed by atoms with Crippen molar-refractivity contribution in [3.63, 3.8) is 0 Å². The van der Waals surface area contributed by atoms with Crippen molar-refractivity contribution in [1.29, 1.82) is 0 Å². The molecule has 10 heteroatoms. The molecule has 0 aromatic carbocycles. The summed E-state index contributed by atoms with van der Waals surface area (Å²) in [6.07, 6.45) is 6.39. The number of rotatable bonds is 3. The van der Waals surface area contributed by atoms with Crippen LogP contribution in [0.1, 0.15) is 31.4 Å². The third-order valence-corrected chi connectivity index (χ3v) is 8.16. The van der Waals surface area contributed by atoms with Gasteiger partial charge in [0.1, 0.15) is 5.82 Å². The molecule has 0 atom stereocenters. The number of alkyl halides is 2. The standard InChI is InChI=1S/C22H23ClF2N6S/c1-13-10-22(24,25)12-21(13)3-6-30(7-4-21)20-28-11-16(19-27-5-8-31(19)20)32-15-9-17(26)29-14(2)18(15)23/h5,8-9,11H,1,3-4,6-7,10,12H2,2H3,(H2,26,29). The van der Waals surface area contributed by atoms with E-state index in [9.17, 15) is 8.78 Å². The summed E-state index contributed by atoms with van der Waals surface area (Å²) in [6, 6.07) is 1.74. The molecule has 1 saturated heterocycles. The Labute approximate surface area is 193 Å². The van der Waals surface area contributed by atoms with Crippen LogP contribution < -0.4 is 10.6 Å². The molecular formula is C22H23ClF2N6S. The first kappa shape index (κ1) is 21.5. The number of aromatic nitrogens is 4. The maximum absolute atomic E-state index is 14.0. The van der Waals surface area contributed by atoms with Gasteiger partial charge in [0.2, 0.25) is 5.95 Å². The average Bonchev–Trinajstić information content (AvgIpc) is 3.30. The van der Waals surface area contributed by atoms with E-state index < -0.39 is 11.3 Å². The summed E-state index contributed by atoms with van der Waals surface area (Å²) in [5, 5.41) is 0.549. The molecule has 1 aliphatic carbocycles. The van der Waals surface area contributed by atoms with E-state index in [4.69, 9.17) is 22.3 Å². The van der Waals surface area contributed by atoms with E-state index in [0.29, 0.717) is 48.0 Å². The number of hydrogen-bond acceptors (Lipinski definition) is 6. The topological polar surface area (TPSA) is 72.3 Å². The van der Waals surface area contributed by atoms with Crippen molar-refractivity contribution in [2.24, 2.45) is 5.41 Å². The van der Waals surface area contributed by atoms with Crippen LogP contribution in [0.15, 0.2) is 46.6 Å². The molecule has 5 rings (SSSR count). The number of halogens is 3. The largest absolute Gasteiger partial charge is 0.384 e. The first-order chi connectivity index (χ1) is 15.2. The first-order valence-electron chi connectivity index (χ1n) is 10.4. The molecule has 2 N–H and O–H groups in total. The van der Waals surface area contributed by atoms with Crippen molar-refractivity contribution in [3.05, 3.63) is 47.5 Å². The van der Waals surface area contributed by atoms with Gasteiger partial charge in [-0.1, -0.05) is 35.5 Å². The molecule has 3 aromatic heterocycles. The lowest BCUT2D eigenvalue weighted by Gasteiger charge is -2.40. The molecule has 2 aliphatic rings. The Kier molecular flexibility index (Phi) is 5.09. The predicted octanol–water partition coefficient (Wildman–Crippen LogP) is 5.39. The summed E-state index contributed by atoms with van der Waals surface area (Å²) in [5.41, 5.74) is 7.54.